The molecule has 0 aliphatic heterocycles. The highest BCUT2D eigenvalue weighted by Crippen LogP contribution is 2.10. The number of benzene rings is 1. The number of nitrogens with one attached hydrogen (secondary N) is 1. The summed E-state index contributed by atoms with van der Waals surface area (Å²) in [7, 11) is 0. The number of hydrogen-bond acceptors (Lipinski definition) is 2. The van der Waals surface area contributed by atoms with Gasteiger partial charge in [-0.1, -0.05) is 0 Å². The van der Waals surface area contributed by atoms with Crippen LogP contribution in [0.25, 0.3) is 0 Å². The number of carbonyl (C=O) groups is 1. The Morgan fingerprint density at radius 2 is 2.12 bits per heavy atom. The lowest BCUT2D eigenvalue weighted by molar-refractivity contribution is 0.0945. The van der Waals surface area contributed by atoms with Crippen LogP contribution < -0.4 is 11.1 Å². The van der Waals surface area contributed by atoms with Gasteiger partial charge in [0.2, 0.25) is 0 Å². The predicted octanol–water partition coefficient (Wildman–Crippen LogP) is 1.60. The predicted molar refractivity (Wildman–Crippen MR) is 61.7 cm³/mol. The van der Waals surface area contributed by atoms with Gasteiger partial charge in [-0.3, -0.25) is 4.79 Å². The number of aryl methyl sites for hydroxylation is 1. The Labute approximate surface area is 94.8 Å². The van der Waals surface area contributed by atoms with Crippen molar-refractivity contribution in [1.29, 1.82) is 0 Å². The SMILES string of the molecule is Cc1cc(F)ccc1C(=O)NCC(C)(C)N. The van der Waals surface area contributed by atoms with Crippen LogP contribution in [0.3, 0.4) is 0 Å². The lowest BCUT2D eigenvalue weighted by atomic mass is 10.1. The van der Waals surface area contributed by atoms with E-state index in [2.05, 4.69) is 5.32 Å². The summed E-state index contributed by atoms with van der Waals surface area (Å²) in [5.41, 5.74) is 6.39. The van der Waals surface area contributed by atoms with Crippen LogP contribution in [0.4, 0.5) is 4.39 Å². The van der Waals surface area contributed by atoms with Gasteiger partial charge in [-0.25, -0.2) is 4.39 Å². The van der Waals surface area contributed by atoms with Gasteiger partial charge in [0, 0.05) is 17.6 Å². The molecular weight excluding hydrogens is 207 g/mol. The van der Waals surface area contributed by atoms with Gasteiger partial charge in [0.25, 0.3) is 5.91 Å². The minimum atomic E-state index is -0.455. The number of nitrogens with two attached hydrogens (primary N) is 1. The molecule has 0 unspecified atom stereocenters. The van der Waals surface area contributed by atoms with Crippen LogP contribution in [-0.2, 0) is 0 Å². The van der Waals surface area contributed by atoms with Crippen LogP contribution in [0.1, 0.15) is 29.8 Å². The number of rotatable bonds is 3. The molecule has 3 N–H and O–H groups in total. The molecule has 0 fully saturated rings. The molecule has 1 amide bonds. The molecule has 0 saturated carbocycles. The summed E-state index contributed by atoms with van der Waals surface area (Å²) in [6, 6.07) is 4.08. The van der Waals surface area contributed by atoms with Gasteiger partial charge in [0.15, 0.2) is 0 Å². The summed E-state index contributed by atoms with van der Waals surface area (Å²) in [6.07, 6.45) is 0. The highest BCUT2D eigenvalue weighted by atomic mass is 19.1. The van der Waals surface area contributed by atoms with Gasteiger partial charge in [0.05, 0.1) is 0 Å². The zero-order chi connectivity index (χ0) is 12.3. The quantitative estimate of drug-likeness (QED) is 0.819. The van der Waals surface area contributed by atoms with Crippen LogP contribution in [-0.4, -0.2) is 18.0 Å². The Balaban J connectivity index is 2.74. The molecule has 0 aromatic heterocycles. The third-order valence-electron chi connectivity index (χ3n) is 2.14. The van der Waals surface area contributed by atoms with E-state index >= 15 is 0 Å². The average Bonchev–Trinajstić information content (AvgIpc) is 2.13. The Bertz CT molecular complexity index is 396. The molecule has 0 spiro atoms. The second-order valence-corrected chi connectivity index (χ2v) is 4.63. The maximum absolute atomic E-state index is 12.8. The van der Waals surface area contributed by atoms with Gasteiger partial charge in [0.1, 0.15) is 5.82 Å². The van der Waals surface area contributed by atoms with Crippen molar-refractivity contribution in [1.82, 2.24) is 5.32 Å². The average molecular weight is 224 g/mol. The van der Waals surface area contributed by atoms with Crippen LogP contribution in [0, 0.1) is 12.7 Å². The van der Waals surface area contributed by atoms with Crippen molar-refractivity contribution in [2.75, 3.05) is 6.54 Å². The highest BCUT2D eigenvalue weighted by Gasteiger charge is 2.14. The van der Waals surface area contributed by atoms with Crippen molar-refractivity contribution in [2.45, 2.75) is 26.3 Å². The first-order chi connectivity index (χ1) is 7.29. The van der Waals surface area contributed by atoms with Crippen LogP contribution in [0.5, 0.6) is 0 Å². The fraction of sp³-hybridized carbons (Fsp3) is 0.417. The van der Waals surface area contributed by atoms with Crippen molar-refractivity contribution < 1.29 is 9.18 Å². The monoisotopic (exact) mass is 224 g/mol. The lowest BCUT2D eigenvalue weighted by Gasteiger charge is -2.19. The second kappa shape index (κ2) is 4.61. The number of amides is 1. The van der Waals surface area contributed by atoms with Crippen molar-refractivity contribution in [3.63, 3.8) is 0 Å². The second-order valence-electron chi connectivity index (χ2n) is 4.63. The fourth-order valence-corrected chi connectivity index (χ4v) is 1.29. The zero-order valence-corrected chi connectivity index (χ0v) is 9.80. The number of hydrogen-bond donors (Lipinski definition) is 2. The first kappa shape index (κ1) is 12.6. The summed E-state index contributed by atoms with van der Waals surface area (Å²) in [5.74, 6) is -0.566. The van der Waals surface area contributed by atoms with Gasteiger partial charge in [-0.05, 0) is 44.5 Å². The molecular formula is C12H17FN2O. The number of carbonyl (C=O) groups excluding carboxylic acids is 1. The Hall–Kier alpha value is -1.42. The molecule has 0 aliphatic carbocycles. The van der Waals surface area contributed by atoms with Gasteiger partial charge >= 0.3 is 0 Å². The van der Waals surface area contributed by atoms with Crippen LogP contribution >= 0.6 is 0 Å². The molecule has 16 heavy (non-hydrogen) atoms. The molecule has 3 nitrogen and oxygen atoms in total. The standard InChI is InChI=1S/C12H17FN2O/c1-8-6-9(13)4-5-10(8)11(16)15-7-12(2,3)14/h4-6H,7,14H2,1-3H3,(H,15,16). The third kappa shape index (κ3) is 3.62. The van der Waals surface area contributed by atoms with Gasteiger partial charge in [-0.15, -0.1) is 0 Å². The molecule has 1 aromatic carbocycles. The van der Waals surface area contributed by atoms with E-state index in [4.69, 9.17) is 5.73 Å². The van der Waals surface area contributed by atoms with E-state index in [1.807, 2.05) is 13.8 Å². The fourth-order valence-electron chi connectivity index (χ4n) is 1.29. The van der Waals surface area contributed by atoms with E-state index in [-0.39, 0.29) is 11.7 Å². The molecule has 88 valence electrons. The summed E-state index contributed by atoms with van der Waals surface area (Å²) < 4.78 is 12.8. The molecule has 0 aliphatic rings. The summed E-state index contributed by atoms with van der Waals surface area (Å²) in [5, 5.41) is 2.71. The van der Waals surface area contributed by atoms with Crippen LogP contribution in [0.15, 0.2) is 18.2 Å². The molecule has 0 bridgehead atoms. The van der Waals surface area contributed by atoms with Crippen molar-refractivity contribution >= 4 is 5.91 Å². The highest BCUT2D eigenvalue weighted by molar-refractivity contribution is 5.95. The first-order valence-electron chi connectivity index (χ1n) is 5.13. The smallest absolute Gasteiger partial charge is 0.251 e. The van der Waals surface area contributed by atoms with Crippen molar-refractivity contribution in [2.24, 2.45) is 5.73 Å². The molecule has 0 saturated heterocycles. The molecule has 4 heteroatoms. The molecule has 1 rings (SSSR count). The Morgan fingerprint density at radius 1 is 1.50 bits per heavy atom. The molecule has 1 aromatic rings. The van der Waals surface area contributed by atoms with E-state index in [0.29, 0.717) is 17.7 Å². The zero-order valence-electron chi connectivity index (χ0n) is 9.80. The Morgan fingerprint density at radius 3 is 2.62 bits per heavy atom. The van der Waals surface area contributed by atoms with E-state index in [9.17, 15) is 9.18 Å². The number of halogens is 1. The largest absolute Gasteiger partial charge is 0.350 e. The maximum Gasteiger partial charge on any atom is 0.251 e. The molecule has 0 heterocycles. The normalized spacial score (nSPS) is 11.3. The van der Waals surface area contributed by atoms with Crippen LogP contribution in [0.2, 0.25) is 0 Å². The van der Waals surface area contributed by atoms with E-state index in [1.54, 1.807) is 6.92 Å². The lowest BCUT2D eigenvalue weighted by Crippen LogP contribution is -2.45. The maximum atomic E-state index is 12.8. The van der Waals surface area contributed by atoms with E-state index in [0.717, 1.165) is 0 Å². The summed E-state index contributed by atoms with van der Waals surface area (Å²) >= 11 is 0. The molecule has 0 radical (unpaired) electrons. The minimum absolute atomic E-state index is 0.226. The van der Waals surface area contributed by atoms with Gasteiger partial charge in [-0.2, -0.15) is 0 Å². The summed E-state index contributed by atoms with van der Waals surface area (Å²) in [4.78, 5) is 11.7. The first-order valence-corrected chi connectivity index (χ1v) is 5.13. The molecule has 0 atom stereocenters. The minimum Gasteiger partial charge on any atom is -0.350 e. The van der Waals surface area contributed by atoms with E-state index in [1.165, 1.54) is 18.2 Å². The van der Waals surface area contributed by atoms with Crippen molar-refractivity contribution in [3.05, 3.63) is 35.1 Å². The van der Waals surface area contributed by atoms with E-state index < -0.39 is 5.54 Å². The third-order valence-corrected chi connectivity index (χ3v) is 2.14. The Kier molecular flexibility index (Phi) is 3.65. The van der Waals surface area contributed by atoms with Gasteiger partial charge < -0.3 is 11.1 Å². The van der Waals surface area contributed by atoms with Crippen molar-refractivity contribution in [3.8, 4) is 0 Å². The summed E-state index contributed by atoms with van der Waals surface area (Å²) in [6.45, 7) is 5.73. The topological polar surface area (TPSA) is 55.1 Å².